The molecule has 7 nitrogen and oxygen atoms in total. The number of carbonyl (C=O) groups excluding carboxylic acids is 1. The molecule has 0 radical (unpaired) electrons. The SMILES string of the molecule is CCC1CC[C@@H](O)/C=C/[C@@H]2CC[C@H]2CN2C[C@@]3(CCCc4cc(Cl)ccc43)COc3ccc(cc32)C(=O)NS1(=O)=O. The molecule has 41 heavy (non-hydrogen) atoms. The van der Waals surface area contributed by atoms with Gasteiger partial charge in [-0.05, 0) is 105 Å². The highest BCUT2D eigenvalue weighted by Crippen LogP contribution is 2.46. The van der Waals surface area contributed by atoms with Gasteiger partial charge in [0.15, 0.2) is 0 Å². The number of carbonyl (C=O) groups is 1. The Morgan fingerprint density at radius 2 is 1.98 bits per heavy atom. The van der Waals surface area contributed by atoms with Gasteiger partial charge in [-0.1, -0.05) is 36.7 Å². The molecule has 2 heterocycles. The van der Waals surface area contributed by atoms with Gasteiger partial charge in [0.25, 0.3) is 5.91 Å². The number of fused-ring (bicyclic) bond motifs is 4. The summed E-state index contributed by atoms with van der Waals surface area (Å²) in [6.07, 6.45) is 9.36. The number of allylic oxidation sites excluding steroid dienone is 1. The summed E-state index contributed by atoms with van der Waals surface area (Å²) >= 11 is 6.38. The number of benzene rings is 2. The van der Waals surface area contributed by atoms with Crippen LogP contribution in [0.2, 0.25) is 5.02 Å². The minimum absolute atomic E-state index is 0.233. The fraction of sp³-hybridized carbons (Fsp3) is 0.531. The van der Waals surface area contributed by atoms with Crippen molar-refractivity contribution in [1.82, 2.24) is 4.72 Å². The molecule has 1 unspecified atom stereocenters. The summed E-state index contributed by atoms with van der Waals surface area (Å²) in [5.41, 5.74) is 3.42. The van der Waals surface area contributed by atoms with Gasteiger partial charge in [0.05, 0.1) is 23.6 Å². The average Bonchev–Trinajstić information content (AvgIpc) is 3.07. The summed E-state index contributed by atoms with van der Waals surface area (Å²) in [6, 6.07) is 11.4. The monoisotopic (exact) mass is 598 g/mol. The summed E-state index contributed by atoms with van der Waals surface area (Å²) in [5, 5.41) is 10.6. The quantitative estimate of drug-likeness (QED) is 0.428. The summed E-state index contributed by atoms with van der Waals surface area (Å²) < 4.78 is 35.2. The molecule has 5 atom stereocenters. The first-order valence-electron chi connectivity index (χ1n) is 14.9. The molecule has 1 fully saturated rings. The molecule has 2 N–H and O–H groups in total. The Morgan fingerprint density at radius 3 is 2.76 bits per heavy atom. The Hall–Kier alpha value is -2.55. The Labute approximate surface area is 248 Å². The molecule has 1 saturated carbocycles. The summed E-state index contributed by atoms with van der Waals surface area (Å²) in [7, 11) is -3.92. The Balaban J connectivity index is 1.41. The number of aliphatic hydroxyl groups is 1. The fourth-order valence-corrected chi connectivity index (χ4v) is 8.81. The zero-order valence-corrected chi connectivity index (χ0v) is 25.1. The Kier molecular flexibility index (Phi) is 7.85. The van der Waals surface area contributed by atoms with E-state index >= 15 is 0 Å². The molecular weight excluding hydrogens is 560 g/mol. The molecule has 6 rings (SSSR count). The first kappa shape index (κ1) is 28.6. The van der Waals surface area contributed by atoms with Crippen LogP contribution < -0.4 is 14.4 Å². The highest BCUT2D eigenvalue weighted by molar-refractivity contribution is 7.90. The third-order valence-electron chi connectivity index (χ3n) is 9.72. The maximum Gasteiger partial charge on any atom is 0.264 e. The van der Waals surface area contributed by atoms with Crippen LogP contribution in [0.4, 0.5) is 5.69 Å². The van der Waals surface area contributed by atoms with Gasteiger partial charge in [-0.3, -0.25) is 4.79 Å². The molecule has 9 heteroatoms. The number of rotatable bonds is 1. The van der Waals surface area contributed by atoms with E-state index < -0.39 is 27.3 Å². The molecule has 2 bridgehead atoms. The van der Waals surface area contributed by atoms with Crippen LogP contribution in [-0.2, 0) is 21.9 Å². The number of hydrogen-bond acceptors (Lipinski definition) is 6. The first-order chi connectivity index (χ1) is 19.7. The third kappa shape index (κ3) is 5.63. The number of aliphatic hydroxyl groups excluding tert-OH is 1. The third-order valence-corrected chi connectivity index (χ3v) is 11.9. The van der Waals surface area contributed by atoms with Crippen molar-refractivity contribution < 1.29 is 23.1 Å². The van der Waals surface area contributed by atoms with E-state index in [-0.39, 0.29) is 11.8 Å². The molecular formula is C32H39ClN2O5S. The smallest absolute Gasteiger partial charge is 0.264 e. The van der Waals surface area contributed by atoms with Crippen LogP contribution in [0.1, 0.15) is 73.4 Å². The van der Waals surface area contributed by atoms with E-state index in [9.17, 15) is 18.3 Å². The standard InChI is InChI=1S/C32H39ClN2O5S/c1-2-27-12-11-26(36)10-7-21-5-6-24(21)18-35-19-32(15-3-4-22-16-25(33)9-13-28(22)32)20-40-30-14-8-23(17-29(30)35)31(37)34-41(27,38)39/h7-10,13-14,16-17,21,24,26-27,36H,2-6,11-12,15,18-20H2,1H3,(H,34,37)/b10-7+/t21-,24-,26-,27?,32-/m0/s1. The number of anilines is 1. The molecule has 220 valence electrons. The lowest BCUT2D eigenvalue weighted by atomic mass is 9.69. The second kappa shape index (κ2) is 11.3. The van der Waals surface area contributed by atoms with Gasteiger partial charge in [0.1, 0.15) is 5.75 Å². The topological polar surface area (TPSA) is 95.9 Å². The van der Waals surface area contributed by atoms with Crippen LogP contribution in [0.5, 0.6) is 5.75 Å². The highest BCUT2D eigenvalue weighted by Gasteiger charge is 2.43. The Bertz CT molecular complexity index is 1460. The Morgan fingerprint density at radius 1 is 1.12 bits per heavy atom. The summed E-state index contributed by atoms with van der Waals surface area (Å²) in [5.74, 6) is 0.813. The average molecular weight is 599 g/mol. The normalized spacial score (nSPS) is 32.0. The predicted molar refractivity (Wildman–Crippen MR) is 161 cm³/mol. The van der Waals surface area contributed by atoms with E-state index in [1.807, 2.05) is 18.2 Å². The summed E-state index contributed by atoms with van der Waals surface area (Å²) in [4.78, 5) is 15.7. The highest BCUT2D eigenvalue weighted by atomic mass is 35.5. The lowest BCUT2D eigenvalue weighted by molar-refractivity contribution is 0.0981. The minimum Gasteiger partial charge on any atom is -0.490 e. The zero-order chi connectivity index (χ0) is 28.8. The maximum atomic E-state index is 13.3. The molecule has 4 aliphatic rings. The van der Waals surface area contributed by atoms with Gasteiger partial charge in [-0.15, -0.1) is 0 Å². The van der Waals surface area contributed by atoms with Crippen molar-refractivity contribution in [2.75, 3.05) is 24.6 Å². The van der Waals surface area contributed by atoms with Crippen LogP contribution in [0.15, 0.2) is 48.6 Å². The van der Waals surface area contributed by atoms with E-state index in [2.05, 4.69) is 27.8 Å². The molecule has 1 amide bonds. The second-order valence-corrected chi connectivity index (χ2v) is 14.7. The van der Waals surface area contributed by atoms with Crippen LogP contribution in [0.25, 0.3) is 0 Å². The van der Waals surface area contributed by atoms with Crippen molar-refractivity contribution in [1.29, 1.82) is 0 Å². The van der Waals surface area contributed by atoms with Gasteiger partial charge < -0.3 is 14.7 Å². The van der Waals surface area contributed by atoms with Crippen molar-refractivity contribution in [2.24, 2.45) is 11.8 Å². The van der Waals surface area contributed by atoms with Crippen LogP contribution in [-0.4, -0.2) is 50.5 Å². The van der Waals surface area contributed by atoms with Crippen molar-refractivity contribution in [3.8, 4) is 5.75 Å². The number of halogens is 1. The second-order valence-electron chi connectivity index (χ2n) is 12.3. The van der Waals surface area contributed by atoms with E-state index in [0.717, 1.165) is 55.9 Å². The molecule has 0 saturated heterocycles. The lowest BCUT2D eigenvalue weighted by Gasteiger charge is -2.44. The number of nitrogens with one attached hydrogen (secondary N) is 1. The molecule has 2 aliphatic heterocycles. The molecule has 1 spiro atoms. The van der Waals surface area contributed by atoms with Gasteiger partial charge >= 0.3 is 0 Å². The van der Waals surface area contributed by atoms with Crippen LogP contribution >= 0.6 is 11.6 Å². The maximum absolute atomic E-state index is 13.3. The molecule has 2 aromatic carbocycles. The number of aryl methyl sites for hydroxylation is 1. The fourth-order valence-electron chi connectivity index (χ4n) is 7.19. The number of nitrogens with zero attached hydrogens (tertiary/aromatic N) is 1. The number of sulfonamides is 1. The largest absolute Gasteiger partial charge is 0.490 e. The molecule has 2 aliphatic carbocycles. The molecule has 0 aromatic heterocycles. The van der Waals surface area contributed by atoms with Crippen molar-refractivity contribution in [3.05, 3.63) is 70.3 Å². The summed E-state index contributed by atoms with van der Waals surface area (Å²) in [6.45, 7) is 3.82. The van der Waals surface area contributed by atoms with Crippen LogP contribution in [0, 0.1) is 11.8 Å². The zero-order valence-electron chi connectivity index (χ0n) is 23.5. The minimum atomic E-state index is -3.92. The van der Waals surface area contributed by atoms with Gasteiger partial charge in [-0.2, -0.15) is 0 Å². The van der Waals surface area contributed by atoms with E-state index in [1.165, 1.54) is 11.1 Å². The van der Waals surface area contributed by atoms with Crippen molar-refractivity contribution >= 4 is 33.2 Å². The van der Waals surface area contributed by atoms with Gasteiger partial charge in [0.2, 0.25) is 10.0 Å². The number of hydrogen-bond donors (Lipinski definition) is 2. The van der Waals surface area contributed by atoms with Crippen LogP contribution in [0.3, 0.4) is 0 Å². The molecule has 2 aromatic rings. The predicted octanol–water partition coefficient (Wildman–Crippen LogP) is 5.39. The van der Waals surface area contributed by atoms with Crippen molar-refractivity contribution in [3.63, 3.8) is 0 Å². The lowest BCUT2D eigenvalue weighted by Crippen LogP contribution is -2.48. The van der Waals surface area contributed by atoms with E-state index in [4.69, 9.17) is 16.3 Å². The van der Waals surface area contributed by atoms with Gasteiger partial charge in [-0.25, -0.2) is 13.1 Å². The first-order valence-corrected chi connectivity index (χ1v) is 16.8. The number of ether oxygens (including phenoxy) is 1. The van der Waals surface area contributed by atoms with E-state index in [0.29, 0.717) is 42.6 Å². The van der Waals surface area contributed by atoms with Gasteiger partial charge in [0, 0.05) is 29.1 Å². The van der Waals surface area contributed by atoms with E-state index in [1.54, 1.807) is 19.1 Å². The number of amides is 1. The van der Waals surface area contributed by atoms with Crippen molar-refractivity contribution in [2.45, 2.75) is 75.1 Å².